The molecule has 0 atom stereocenters. The Morgan fingerprint density at radius 3 is 1.69 bits per heavy atom. The van der Waals surface area contributed by atoms with Crippen LogP contribution in [0.5, 0.6) is 0 Å². The van der Waals surface area contributed by atoms with Crippen LogP contribution in [0.2, 0.25) is 0 Å². The molecule has 0 bridgehead atoms. The summed E-state index contributed by atoms with van der Waals surface area (Å²) in [7, 11) is 0. The third kappa shape index (κ3) is 2.87. The third-order valence-corrected chi connectivity index (χ3v) is 10.3. The van der Waals surface area contributed by atoms with Gasteiger partial charge in [0, 0.05) is 42.0 Å². The van der Waals surface area contributed by atoms with Gasteiger partial charge in [-0.3, -0.25) is 0 Å². The van der Waals surface area contributed by atoms with E-state index in [1.165, 1.54) is 96.5 Å². The number of para-hydroxylation sites is 2. The summed E-state index contributed by atoms with van der Waals surface area (Å²) in [5.74, 6) is 0. The lowest BCUT2D eigenvalue weighted by molar-refractivity contribution is 1.54. The summed E-state index contributed by atoms with van der Waals surface area (Å²) in [6.45, 7) is 0. The van der Waals surface area contributed by atoms with Gasteiger partial charge in [-0.1, -0.05) is 109 Å². The molecule has 1 N–H and O–H groups in total. The van der Waals surface area contributed by atoms with E-state index in [4.69, 9.17) is 0 Å². The quantitative estimate of drug-likeness (QED) is 0.163. The summed E-state index contributed by atoms with van der Waals surface area (Å²) in [5.41, 5.74) is 7.52. The van der Waals surface area contributed by atoms with E-state index in [2.05, 4.69) is 138 Å². The number of thiophene rings is 1. The van der Waals surface area contributed by atoms with Crippen molar-refractivity contribution in [2.75, 3.05) is 0 Å². The molecule has 0 unspecified atom stereocenters. The Labute approximate surface area is 245 Å². The maximum atomic E-state index is 3.77. The van der Waals surface area contributed by atoms with Crippen molar-refractivity contribution in [2.24, 2.45) is 0 Å². The van der Waals surface area contributed by atoms with Gasteiger partial charge in [0.15, 0.2) is 0 Å². The molecule has 0 fully saturated rings. The SMILES string of the molecule is c1ccc2c(c1)[nH]c1c(-c3c4ccccc4c(-c4cc5cccc6sc7cccc4c7c56)c4ccccc34)cccc12. The first-order chi connectivity index (χ1) is 20.8. The van der Waals surface area contributed by atoms with Gasteiger partial charge in [-0.2, -0.15) is 0 Å². The second kappa shape index (κ2) is 8.19. The van der Waals surface area contributed by atoms with Crippen LogP contribution in [-0.2, 0) is 0 Å². The first-order valence-electron chi connectivity index (χ1n) is 14.4. The Kier molecular flexibility index (Phi) is 4.39. The predicted molar refractivity (Wildman–Crippen MR) is 183 cm³/mol. The number of aromatic amines is 1. The normalized spacial score (nSPS) is 12.3. The fourth-order valence-electron chi connectivity index (χ4n) is 7.47. The molecular formula is C40H23NS. The molecule has 10 rings (SSSR count). The average Bonchev–Trinajstić information content (AvgIpc) is 3.62. The van der Waals surface area contributed by atoms with Gasteiger partial charge in [0.2, 0.25) is 0 Å². The van der Waals surface area contributed by atoms with E-state index < -0.39 is 0 Å². The van der Waals surface area contributed by atoms with Crippen molar-refractivity contribution in [1.29, 1.82) is 0 Å². The summed E-state index contributed by atoms with van der Waals surface area (Å²) in [4.78, 5) is 3.77. The number of nitrogens with one attached hydrogen (secondary N) is 1. The van der Waals surface area contributed by atoms with E-state index in [1.54, 1.807) is 0 Å². The molecule has 42 heavy (non-hydrogen) atoms. The number of hydrogen-bond donors (Lipinski definition) is 1. The fourth-order valence-corrected chi connectivity index (χ4v) is 8.63. The minimum absolute atomic E-state index is 1.17. The van der Waals surface area contributed by atoms with E-state index in [9.17, 15) is 0 Å². The highest BCUT2D eigenvalue weighted by molar-refractivity contribution is 7.26. The molecule has 1 nitrogen and oxygen atoms in total. The van der Waals surface area contributed by atoms with Gasteiger partial charge in [-0.25, -0.2) is 0 Å². The standard InChI is InChI=1S/C40H23NS/c1-3-14-27-25(12-1)37(31-18-8-17-30-24-11-5-6-19-33(24)41-40(30)31)26-13-2-4-15-28(26)38(27)32-22-23-10-7-20-34-36(23)39-29(32)16-9-21-35(39)42-34/h1-22,41H. The molecule has 0 saturated heterocycles. The van der Waals surface area contributed by atoms with Crippen molar-refractivity contribution in [3.8, 4) is 22.3 Å². The largest absolute Gasteiger partial charge is 0.354 e. The molecule has 0 radical (unpaired) electrons. The summed E-state index contributed by atoms with van der Waals surface area (Å²) >= 11 is 1.90. The maximum Gasteiger partial charge on any atom is 0.0544 e. The second-order valence-electron chi connectivity index (χ2n) is 11.3. The van der Waals surface area contributed by atoms with Gasteiger partial charge in [0.25, 0.3) is 0 Å². The molecule has 2 aromatic heterocycles. The highest BCUT2D eigenvalue weighted by atomic mass is 32.1. The number of fused-ring (bicyclic) bond motifs is 5. The van der Waals surface area contributed by atoms with Crippen LogP contribution in [-0.4, -0.2) is 4.98 Å². The Hall–Kier alpha value is -5.18. The predicted octanol–water partition coefficient (Wildman–Crippen LogP) is 11.9. The summed E-state index contributed by atoms with van der Waals surface area (Å²) in [5, 5.41) is 13.1. The van der Waals surface area contributed by atoms with Crippen LogP contribution in [0.1, 0.15) is 0 Å². The van der Waals surface area contributed by atoms with E-state index in [0.29, 0.717) is 0 Å². The number of hydrogen-bond acceptors (Lipinski definition) is 1. The van der Waals surface area contributed by atoms with E-state index in [0.717, 1.165) is 0 Å². The molecule has 0 spiro atoms. The Morgan fingerprint density at radius 1 is 0.405 bits per heavy atom. The molecule has 8 aromatic carbocycles. The van der Waals surface area contributed by atoms with Crippen LogP contribution in [0.25, 0.3) is 96.5 Å². The number of rotatable bonds is 2. The molecule has 0 saturated carbocycles. The van der Waals surface area contributed by atoms with Crippen LogP contribution in [0.15, 0.2) is 133 Å². The molecule has 2 heteroatoms. The molecule has 0 aliphatic heterocycles. The Bertz CT molecular complexity index is 2630. The van der Waals surface area contributed by atoms with Crippen molar-refractivity contribution in [3.05, 3.63) is 133 Å². The lowest BCUT2D eigenvalue weighted by atomic mass is 9.83. The zero-order valence-corrected chi connectivity index (χ0v) is 23.4. The van der Waals surface area contributed by atoms with Crippen molar-refractivity contribution in [1.82, 2.24) is 4.98 Å². The smallest absolute Gasteiger partial charge is 0.0544 e. The summed E-state index contributed by atoms with van der Waals surface area (Å²) in [6, 6.07) is 49.3. The van der Waals surface area contributed by atoms with E-state index in [1.807, 2.05) is 11.3 Å². The van der Waals surface area contributed by atoms with Crippen molar-refractivity contribution in [2.45, 2.75) is 0 Å². The summed E-state index contributed by atoms with van der Waals surface area (Å²) in [6.07, 6.45) is 0. The highest BCUT2D eigenvalue weighted by Crippen LogP contribution is 2.50. The monoisotopic (exact) mass is 549 g/mol. The molecule has 0 amide bonds. The van der Waals surface area contributed by atoms with E-state index >= 15 is 0 Å². The first-order valence-corrected chi connectivity index (χ1v) is 15.3. The summed E-state index contributed by atoms with van der Waals surface area (Å²) < 4.78 is 2.72. The third-order valence-electron chi connectivity index (χ3n) is 9.16. The Balaban J connectivity index is 1.40. The first kappa shape index (κ1) is 22.5. The average molecular weight is 550 g/mol. The van der Waals surface area contributed by atoms with Crippen LogP contribution in [0, 0.1) is 0 Å². The molecule has 194 valence electrons. The van der Waals surface area contributed by atoms with Crippen LogP contribution in [0.4, 0.5) is 0 Å². The lowest BCUT2D eigenvalue weighted by Crippen LogP contribution is -1.92. The minimum atomic E-state index is 1.17. The highest BCUT2D eigenvalue weighted by Gasteiger charge is 2.22. The second-order valence-corrected chi connectivity index (χ2v) is 12.4. The van der Waals surface area contributed by atoms with Crippen LogP contribution >= 0.6 is 11.3 Å². The maximum absolute atomic E-state index is 3.77. The van der Waals surface area contributed by atoms with E-state index in [-0.39, 0.29) is 0 Å². The van der Waals surface area contributed by atoms with Gasteiger partial charge >= 0.3 is 0 Å². The van der Waals surface area contributed by atoms with Gasteiger partial charge in [-0.15, -0.1) is 11.3 Å². The fraction of sp³-hybridized carbons (Fsp3) is 0. The molecule has 2 heterocycles. The van der Waals surface area contributed by atoms with Crippen molar-refractivity contribution >= 4 is 85.6 Å². The number of H-pyrrole nitrogens is 1. The zero-order valence-electron chi connectivity index (χ0n) is 22.6. The zero-order chi connectivity index (χ0) is 27.4. The van der Waals surface area contributed by atoms with Gasteiger partial charge in [0.1, 0.15) is 0 Å². The molecule has 10 aromatic rings. The number of aromatic nitrogens is 1. The van der Waals surface area contributed by atoms with Crippen molar-refractivity contribution in [3.63, 3.8) is 0 Å². The van der Waals surface area contributed by atoms with Crippen molar-refractivity contribution < 1.29 is 0 Å². The topological polar surface area (TPSA) is 15.8 Å². The van der Waals surface area contributed by atoms with Crippen LogP contribution in [0.3, 0.4) is 0 Å². The molecular weight excluding hydrogens is 527 g/mol. The van der Waals surface area contributed by atoms with Gasteiger partial charge in [0.05, 0.1) is 5.52 Å². The molecule has 0 aliphatic carbocycles. The minimum Gasteiger partial charge on any atom is -0.354 e. The van der Waals surface area contributed by atoms with Gasteiger partial charge < -0.3 is 4.98 Å². The number of benzene rings is 8. The van der Waals surface area contributed by atoms with Gasteiger partial charge in [-0.05, 0) is 73.3 Å². The molecule has 0 aliphatic rings. The lowest BCUT2D eigenvalue weighted by Gasteiger charge is -2.19. The van der Waals surface area contributed by atoms with Crippen LogP contribution < -0.4 is 0 Å². The Morgan fingerprint density at radius 2 is 0.952 bits per heavy atom.